The van der Waals surface area contributed by atoms with Crippen LogP contribution in [-0.4, -0.2) is 27.0 Å². The highest BCUT2D eigenvalue weighted by molar-refractivity contribution is 9.10. The van der Waals surface area contributed by atoms with Gasteiger partial charge < -0.3 is 4.57 Å². The molecule has 1 saturated carbocycles. The van der Waals surface area contributed by atoms with E-state index in [0.717, 1.165) is 58.5 Å². The molecule has 5 nitrogen and oxygen atoms in total. The molecule has 2 aromatic heterocycles. The first-order valence-corrected chi connectivity index (χ1v) is 11.1. The summed E-state index contributed by atoms with van der Waals surface area (Å²) in [4.78, 5) is 24.1. The fourth-order valence-electron chi connectivity index (χ4n) is 3.70. The van der Waals surface area contributed by atoms with E-state index in [0.29, 0.717) is 6.54 Å². The van der Waals surface area contributed by atoms with Gasteiger partial charge in [0.15, 0.2) is 5.13 Å². The van der Waals surface area contributed by atoms with Gasteiger partial charge in [-0.1, -0.05) is 46.5 Å². The van der Waals surface area contributed by atoms with Crippen LogP contribution in [0.1, 0.15) is 38.5 Å². The highest BCUT2D eigenvalue weighted by Gasteiger charge is 2.28. The van der Waals surface area contributed by atoms with E-state index < -0.39 is 0 Å². The molecule has 1 aromatic carbocycles. The lowest BCUT2D eigenvalue weighted by atomic mass is 9.88. The quantitative estimate of drug-likeness (QED) is 0.453. The van der Waals surface area contributed by atoms with Gasteiger partial charge in [-0.05, 0) is 37.5 Å². The molecular formula is C20H24BrClN4OS. The van der Waals surface area contributed by atoms with Crippen LogP contribution in [0.5, 0.6) is 0 Å². The third-order valence-corrected chi connectivity index (χ3v) is 6.68. The number of anilines is 1. The minimum atomic E-state index is 0. The van der Waals surface area contributed by atoms with Crippen molar-refractivity contribution in [3.8, 4) is 0 Å². The summed E-state index contributed by atoms with van der Waals surface area (Å²) in [5.74, 6) is 0.393. The van der Waals surface area contributed by atoms with E-state index in [9.17, 15) is 4.79 Å². The van der Waals surface area contributed by atoms with Gasteiger partial charge in [-0.15, -0.1) is 12.4 Å². The first-order valence-electron chi connectivity index (χ1n) is 9.54. The van der Waals surface area contributed by atoms with Crippen LogP contribution in [0.25, 0.3) is 10.2 Å². The molecule has 0 aliphatic heterocycles. The molecule has 0 saturated heterocycles. The van der Waals surface area contributed by atoms with Gasteiger partial charge in [0.1, 0.15) is 0 Å². The molecule has 1 aliphatic carbocycles. The molecule has 0 spiro atoms. The second-order valence-electron chi connectivity index (χ2n) is 7.09. The van der Waals surface area contributed by atoms with Crippen LogP contribution in [0, 0.1) is 5.92 Å². The third kappa shape index (κ3) is 4.93. The predicted octanol–water partition coefficient (Wildman–Crippen LogP) is 5.68. The van der Waals surface area contributed by atoms with Crippen molar-refractivity contribution in [1.82, 2.24) is 14.5 Å². The van der Waals surface area contributed by atoms with Gasteiger partial charge in [-0.3, -0.25) is 9.69 Å². The van der Waals surface area contributed by atoms with Crippen LogP contribution in [0.15, 0.2) is 41.4 Å². The number of thiazole rings is 1. The number of imidazole rings is 1. The Labute approximate surface area is 183 Å². The molecule has 0 radical (unpaired) electrons. The molecule has 2 heterocycles. The number of amides is 1. The Kier molecular flexibility index (Phi) is 7.48. The molecule has 0 unspecified atom stereocenters. The SMILES string of the molecule is Cl.O=C(C1CCCCC1)N(CCCn1ccnc1)c1nc2ccc(Br)cc2s1. The van der Waals surface area contributed by atoms with Gasteiger partial charge in [-0.25, -0.2) is 9.97 Å². The Bertz CT molecular complexity index is 908. The van der Waals surface area contributed by atoms with Crippen molar-refractivity contribution in [2.45, 2.75) is 45.1 Å². The second-order valence-corrected chi connectivity index (χ2v) is 9.01. The molecule has 0 bridgehead atoms. The van der Waals surface area contributed by atoms with Crippen molar-refractivity contribution in [2.75, 3.05) is 11.4 Å². The maximum atomic E-state index is 13.3. The Balaban J connectivity index is 0.00000225. The Morgan fingerprint density at radius 2 is 2.11 bits per heavy atom. The number of carbonyl (C=O) groups excluding carboxylic acids is 1. The summed E-state index contributed by atoms with van der Waals surface area (Å²) in [6.45, 7) is 1.54. The second kappa shape index (κ2) is 9.85. The summed E-state index contributed by atoms with van der Waals surface area (Å²) >= 11 is 5.13. The van der Waals surface area contributed by atoms with E-state index >= 15 is 0 Å². The van der Waals surface area contributed by atoms with E-state index in [-0.39, 0.29) is 24.2 Å². The molecule has 0 N–H and O–H groups in total. The molecule has 1 amide bonds. The molecule has 1 fully saturated rings. The van der Waals surface area contributed by atoms with Crippen molar-refractivity contribution in [1.29, 1.82) is 0 Å². The number of benzene rings is 1. The van der Waals surface area contributed by atoms with Crippen LogP contribution in [0.2, 0.25) is 0 Å². The van der Waals surface area contributed by atoms with Crippen LogP contribution >= 0.6 is 39.7 Å². The average Bonchev–Trinajstić information content (AvgIpc) is 3.34. The lowest BCUT2D eigenvalue weighted by molar-refractivity contribution is -0.123. The largest absolute Gasteiger partial charge is 0.337 e. The van der Waals surface area contributed by atoms with Crippen molar-refractivity contribution in [3.63, 3.8) is 0 Å². The molecule has 4 rings (SSSR count). The normalized spacial score (nSPS) is 14.8. The zero-order chi connectivity index (χ0) is 18.6. The van der Waals surface area contributed by atoms with Crippen molar-refractivity contribution in [3.05, 3.63) is 41.4 Å². The van der Waals surface area contributed by atoms with Gasteiger partial charge in [-0.2, -0.15) is 0 Å². The summed E-state index contributed by atoms with van der Waals surface area (Å²) in [6.07, 6.45) is 12.0. The van der Waals surface area contributed by atoms with E-state index in [4.69, 9.17) is 4.98 Å². The van der Waals surface area contributed by atoms with Gasteiger partial charge in [0.2, 0.25) is 5.91 Å². The highest BCUT2D eigenvalue weighted by Crippen LogP contribution is 2.33. The van der Waals surface area contributed by atoms with E-state index in [1.165, 1.54) is 6.42 Å². The van der Waals surface area contributed by atoms with Gasteiger partial charge >= 0.3 is 0 Å². The zero-order valence-electron chi connectivity index (χ0n) is 15.6. The van der Waals surface area contributed by atoms with Crippen LogP contribution in [0.4, 0.5) is 5.13 Å². The molecule has 0 atom stereocenters. The number of hydrogen-bond donors (Lipinski definition) is 0. The molecular weight excluding hydrogens is 460 g/mol. The molecule has 8 heteroatoms. The number of rotatable bonds is 6. The topological polar surface area (TPSA) is 51.0 Å². The highest BCUT2D eigenvalue weighted by atomic mass is 79.9. The van der Waals surface area contributed by atoms with Gasteiger partial charge in [0.05, 0.1) is 16.5 Å². The number of halogens is 2. The Hall–Kier alpha value is -1.44. The molecule has 1 aliphatic rings. The van der Waals surface area contributed by atoms with Gasteiger partial charge in [0, 0.05) is 35.9 Å². The standard InChI is InChI=1S/C20H23BrN4OS.ClH/c21-16-7-8-17-18(13-16)27-20(23-17)25(11-4-10-24-12-9-22-14-24)19(26)15-5-2-1-3-6-15;/h7-9,12-15H,1-6,10-11H2;1H. The Morgan fingerprint density at radius 1 is 1.29 bits per heavy atom. The fraction of sp³-hybridized carbons (Fsp3) is 0.450. The van der Waals surface area contributed by atoms with E-state index in [2.05, 4.69) is 31.5 Å². The van der Waals surface area contributed by atoms with Crippen molar-refractivity contribution < 1.29 is 4.79 Å². The summed E-state index contributed by atoms with van der Waals surface area (Å²) < 4.78 is 4.20. The predicted molar refractivity (Wildman–Crippen MR) is 120 cm³/mol. The summed E-state index contributed by atoms with van der Waals surface area (Å²) in [5.41, 5.74) is 0.953. The summed E-state index contributed by atoms with van der Waals surface area (Å²) in [5, 5.41) is 0.823. The van der Waals surface area contributed by atoms with E-state index in [1.807, 2.05) is 29.6 Å². The number of carbonyl (C=O) groups is 1. The fourth-order valence-corrected chi connectivity index (χ4v) is 5.25. The van der Waals surface area contributed by atoms with Crippen LogP contribution in [-0.2, 0) is 11.3 Å². The van der Waals surface area contributed by atoms with E-state index in [1.54, 1.807) is 17.5 Å². The van der Waals surface area contributed by atoms with Gasteiger partial charge in [0.25, 0.3) is 0 Å². The lowest BCUT2D eigenvalue weighted by Gasteiger charge is -2.27. The average molecular weight is 484 g/mol. The maximum Gasteiger partial charge on any atom is 0.231 e. The minimum Gasteiger partial charge on any atom is -0.337 e. The number of aromatic nitrogens is 3. The number of aryl methyl sites for hydroxylation is 1. The van der Waals surface area contributed by atoms with Crippen LogP contribution in [0.3, 0.4) is 0 Å². The first kappa shape index (κ1) is 21.3. The minimum absolute atomic E-state index is 0. The van der Waals surface area contributed by atoms with Crippen LogP contribution < -0.4 is 4.90 Å². The third-order valence-electron chi connectivity index (χ3n) is 5.15. The summed E-state index contributed by atoms with van der Waals surface area (Å²) in [7, 11) is 0. The van der Waals surface area contributed by atoms with Crippen molar-refractivity contribution in [2.24, 2.45) is 5.92 Å². The monoisotopic (exact) mass is 482 g/mol. The zero-order valence-corrected chi connectivity index (χ0v) is 18.8. The number of fused-ring (bicyclic) bond motifs is 1. The molecule has 3 aromatic rings. The lowest BCUT2D eigenvalue weighted by Crippen LogP contribution is -2.38. The first-order chi connectivity index (χ1) is 13.2. The maximum absolute atomic E-state index is 13.3. The number of nitrogens with zero attached hydrogens (tertiary/aromatic N) is 4. The smallest absolute Gasteiger partial charge is 0.231 e. The van der Waals surface area contributed by atoms with Crippen molar-refractivity contribution >= 4 is 60.9 Å². The molecule has 28 heavy (non-hydrogen) atoms. The Morgan fingerprint density at radius 3 is 2.86 bits per heavy atom. The summed E-state index contributed by atoms with van der Waals surface area (Å²) in [6, 6.07) is 6.08. The number of hydrogen-bond acceptors (Lipinski definition) is 4. The molecule has 150 valence electrons.